The number of fused-ring (bicyclic) bond motifs is 1. The molecule has 3 unspecified atom stereocenters. The van der Waals surface area contributed by atoms with E-state index in [-0.39, 0.29) is 0 Å². The van der Waals surface area contributed by atoms with Crippen molar-refractivity contribution in [1.29, 1.82) is 0 Å². The third-order valence-electron chi connectivity index (χ3n) is 5.11. The average molecular weight is 297 g/mol. The first-order valence-electron chi connectivity index (χ1n) is 7.78. The zero-order chi connectivity index (χ0) is 14.3. The molecule has 5 heteroatoms. The van der Waals surface area contributed by atoms with Crippen LogP contribution in [-0.4, -0.2) is 33.8 Å². The van der Waals surface area contributed by atoms with Gasteiger partial charge in [0.25, 0.3) is 0 Å². The van der Waals surface area contributed by atoms with Crippen LogP contribution in [0.15, 0.2) is 0 Å². The van der Waals surface area contributed by atoms with Gasteiger partial charge in [-0.1, -0.05) is 24.9 Å². The van der Waals surface area contributed by atoms with Crippen molar-refractivity contribution in [1.82, 2.24) is 14.7 Å². The van der Waals surface area contributed by atoms with Crippen molar-refractivity contribution < 1.29 is 0 Å². The van der Waals surface area contributed by atoms with Gasteiger partial charge < -0.3 is 5.73 Å². The van der Waals surface area contributed by atoms with E-state index in [9.17, 15) is 0 Å². The van der Waals surface area contributed by atoms with E-state index in [0.717, 1.165) is 41.8 Å². The fourth-order valence-corrected chi connectivity index (χ4v) is 4.29. The molecule has 0 aromatic carbocycles. The van der Waals surface area contributed by atoms with E-state index in [1.54, 1.807) is 0 Å². The first kappa shape index (κ1) is 14.4. The zero-order valence-corrected chi connectivity index (χ0v) is 13.2. The lowest BCUT2D eigenvalue weighted by molar-refractivity contribution is 0.259. The van der Waals surface area contributed by atoms with Gasteiger partial charge in [0.1, 0.15) is 0 Å². The summed E-state index contributed by atoms with van der Waals surface area (Å²) in [4.78, 5) is 2.52. The number of nitrogens with zero attached hydrogens (tertiary/aromatic N) is 3. The maximum atomic E-state index is 6.46. The Balaban J connectivity index is 1.72. The van der Waals surface area contributed by atoms with Crippen LogP contribution in [0.4, 0.5) is 0 Å². The molecule has 1 aromatic heterocycles. The molecule has 1 saturated carbocycles. The Morgan fingerprint density at radius 2 is 2.15 bits per heavy atom. The highest BCUT2D eigenvalue weighted by Gasteiger charge is 2.38. The van der Waals surface area contributed by atoms with Crippen molar-refractivity contribution in [2.24, 2.45) is 24.6 Å². The Morgan fingerprint density at radius 3 is 2.80 bits per heavy atom. The second-order valence-corrected chi connectivity index (χ2v) is 6.78. The number of likely N-dealkylation sites (tertiary alicyclic amines) is 1. The SMILES string of the molecule is CCc1nn(C)c(CN2CC3CCCC(N)C3C2)c1Cl. The van der Waals surface area contributed by atoms with Crippen LogP contribution >= 0.6 is 11.6 Å². The summed E-state index contributed by atoms with van der Waals surface area (Å²) in [6.45, 7) is 5.29. The highest BCUT2D eigenvalue weighted by atomic mass is 35.5. The van der Waals surface area contributed by atoms with E-state index < -0.39 is 0 Å². The molecule has 20 heavy (non-hydrogen) atoms. The topological polar surface area (TPSA) is 47.1 Å². The highest BCUT2D eigenvalue weighted by molar-refractivity contribution is 6.31. The monoisotopic (exact) mass is 296 g/mol. The molecular formula is C15H25ClN4. The van der Waals surface area contributed by atoms with Gasteiger partial charge in [-0.2, -0.15) is 5.10 Å². The predicted octanol–water partition coefficient (Wildman–Crippen LogP) is 2.20. The fraction of sp³-hybridized carbons (Fsp3) is 0.800. The molecule has 112 valence electrons. The second kappa shape index (κ2) is 5.66. The van der Waals surface area contributed by atoms with Gasteiger partial charge in [-0.3, -0.25) is 9.58 Å². The third kappa shape index (κ3) is 2.49. The summed E-state index contributed by atoms with van der Waals surface area (Å²) >= 11 is 6.46. The van der Waals surface area contributed by atoms with E-state index in [0.29, 0.717) is 12.0 Å². The van der Waals surface area contributed by atoms with Gasteiger partial charge in [0, 0.05) is 32.7 Å². The predicted molar refractivity (Wildman–Crippen MR) is 81.7 cm³/mol. The van der Waals surface area contributed by atoms with Crippen LogP contribution in [0, 0.1) is 11.8 Å². The van der Waals surface area contributed by atoms with Crippen LogP contribution in [0.1, 0.15) is 37.6 Å². The molecule has 1 aliphatic carbocycles. The summed E-state index contributed by atoms with van der Waals surface area (Å²) in [7, 11) is 2.00. The number of aryl methyl sites for hydroxylation is 2. The second-order valence-electron chi connectivity index (χ2n) is 6.40. The summed E-state index contributed by atoms with van der Waals surface area (Å²) in [5, 5.41) is 5.37. The van der Waals surface area contributed by atoms with Crippen LogP contribution in [0.2, 0.25) is 5.02 Å². The first-order valence-corrected chi connectivity index (χ1v) is 8.16. The standard InChI is InChI=1S/C15H25ClN4/c1-3-13-15(16)14(19(2)18-13)9-20-7-10-5-4-6-12(17)11(10)8-20/h10-12H,3-9,17H2,1-2H3. The fourth-order valence-electron chi connectivity index (χ4n) is 3.94. The van der Waals surface area contributed by atoms with Crippen LogP contribution in [0.5, 0.6) is 0 Å². The molecular weight excluding hydrogens is 272 g/mol. The van der Waals surface area contributed by atoms with E-state index in [4.69, 9.17) is 17.3 Å². The van der Waals surface area contributed by atoms with Gasteiger partial charge in [0.2, 0.25) is 0 Å². The van der Waals surface area contributed by atoms with Crippen molar-refractivity contribution in [3.63, 3.8) is 0 Å². The Hall–Kier alpha value is -0.580. The molecule has 1 aliphatic heterocycles. The average Bonchev–Trinajstić information content (AvgIpc) is 2.95. The van der Waals surface area contributed by atoms with E-state index in [1.165, 1.54) is 25.8 Å². The molecule has 3 rings (SSSR count). The third-order valence-corrected chi connectivity index (χ3v) is 5.54. The lowest BCUT2D eigenvalue weighted by atomic mass is 9.78. The van der Waals surface area contributed by atoms with Gasteiger partial charge in [-0.15, -0.1) is 0 Å². The normalized spacial score (nSPS) is 30.7. The Morgan fingerprint density at radius 1 is 1.35 bits per heavy atom. The minimum absolute atomic E-state index is 0.395. The number of hydrogen-bond donors (Lipinski definition) is 1. The largest absolute Gasteiger partial charge is 0.327 e. The molecule has 0 radical (unpaired) electrons. The number of nitrogens with two attached hydrogens (primary N) is 1. The van der Waals surface area contributed by atoms with Crippen LogP contribution in [0.25, 0.3) is 0 Å². The molecule has 3 atom stereocenters. The van der Waals surface area contributed by atoms with Gasteiger partial charge in [-0.25, -0.2) is 0 Å². The molecule has 2 heterocycles. The summed E-state index contributed by atoms with van der Waals surface area (Å²) in [6, 6.07) is 0.395. The van der Waals surface area contributed by atoms with Crippen LogP contribution in [0.3, 0.4) is 0 Å². The lowest BCUT2D eigenvalue weighted by Gasteiger charge is -2.29. The van der Waals surface area contributed by atoms with E-state index in [1.807, 2.05) is 11.7 Å². The quantitative estimate of drug-likeness (QED) is 0.930. The smallest absolute Gasteiger partial charge is 0.0863 e. The zero-order valence-electron chi connectivity index (χ0n) is 12.5. The van der Waals surface area contributed by atoms with Crippen molar-refractivity contribution >= 4 is 11.6 Å². The molecule has 0 amide bonds. The molecule has 0 spiro atoms. The van der Waals surface area contributed by atoms with Crippen LogP contribution < -0.4 is 5.73 Å². The van der Waals surface area contributed by atoms with E-state index >= 15 is 0 Å². The maximum absolute atomic E-state index is 6.46. The lowest BCUT2D eigenvalue weighted by Crippen LogP contribution is -2.38. The van der Waals surface area contributed by atoms with Gasteiger partial charge in [-0.05, 0) is 31.1 Å². The summed E-state index contributed by atoms with van der Waals surface area (Å²) in [5.41, 5.74) is 8.45. The molecule has 1 aromatic rings. The minimum atomic E-state index is 0.395. The molecule has 4 nitrogen and oxygen atoms in total. The van der Waals surface area contributed by atoms with Gasteiger partial charge in [0.05, 0.1) is 16.4 Å². The highest BCUT2D eigenvalue weighted by Crippen LogP contribution is 2.36. The molecule has 2 aliphatic rings. The van der Waals surface area contributed by atoms with Crippen LogP contribution in [-0.2, 0) is 20.0 Å². The number of aromatic nitrogens is 2. The number of halogens is 1. The number of hydrogen-bond acceptors (Lipinski definition) is 3. The Labute approximate surface area is 126 Å². The minimum Gasteiger partial charge on any atom is -0.327 e. The van der Waals surface area contributed by atoms with Crippen molar-refractivity contribution in [2.45, 2.75) is 45.2 Å². The van der Waals surface area contributed by atoms with Crippen molar-refractivity contribution in [3.05, 3.63) is 16.4 Å². The Bertz CT molecular complexity index is 484. The Kier molecular flexibility index (Phi) is 4.07. The summed E-state index contributed by atoms with van der Waals surface area (Å²) in [5.74, 6) is 1.47. The first-order chi connectivity index (χ1) is 9.60. The van der Waals surface area contributed by atoms with E-state index in [2.05, 4.69) is 16.9 Å². The van der Waals surface area contributed by atoms with Gasteiger partial charge >= 0.3 is 0 Å². The molecule has 0 bridgehead atoms. The molecule has 2 fully saturated rings. The summed E-state index contributed by atoms with van der Waals surface area (Å²) in [6.07, 6.45) is 4.72. The number of rotatable bonds is 3. The van der Waals surface area contributed by atoms with Gasteiger partial charge in [0.15, 0.2) is 0 Å². The maximum Gasteiger partial charge on any atom is 0.0863 e. The summed E-state index contributed by atoms with van der Waals surface area (Å²) < 4.78 is 1.95. The van der Waals surface area contributed by atoms with Crippen molar-refractivity contribution in [2.75, 3.05) is 13.1 Å². The molecule has 2 N–H and O–H groups in total. The van der Waals surface area contributed by atoms with Crippen molar-refractivity contribution in [3.8, 4) is 0 Å². The molecule has 1 saturated heterocycles.